The highest BCUT2D eigenvalue weighted by atomic mass is 16.2. The third-order valence-corrected chi connectivity index (χ3v) is 4.19. The van der Waals surface area contributed by atoms with Crippen molar-refractivity contribution in [2.45, 2.75) is 46.7 Å². The Kier molecular flexibility index (Phi) is 4.27. The van der Waals surface area contributed by atoms with Crippen LogP contribution in [0, 0.1) is 6.92 Å². The summed E-state index contributed by atoms with van der Waals surface area (Å²) in [7, 11) is 0. The molecule has 0 aliphatic carbocycles. The standard InChI is InChI=1S/C15H27N5O/c1-6-20-13(12(16)11(2)17-20)14(21)18-7-9-19(10-8-18)15(3,4)5/h6-10,16H2,1-5H3. The molecule has 1 fully saturated rings. The Morgan fingerprint density at radius 2 is 1.81 bits per heavy atom. The van der Waals surface area contributed by atoms with Gasteiger partial charge in [0.2, 0.25) is 0 Å². The molecule has 0 atom stereocenters. The molecule has 6 heteroatoms. The maximum atomic E-state index is 12.7. The molecule has 0 bridgehead atoms. The van der Waals surface area contributed by atoms with Gasteiger partial charge in [-0.1, -0.05) is 0 Å². The molecule has 0 unspecified atom stereocenters. The van der Waals surface area contributed by atoms with Gasteiger partial charge in [-0.2, -0.15) is 5.10 Å². The van der Waals surface area contributed by atoms with Gasteiger partial charge in [0.05, 0.1) is 11.4 Å². The molecule has 2 rings (SSSR count). The van der Waals surface area contributed by atoms with Gasteiger partial charge in [-0.3, -0.25) is 14.4 Å². The van der Waals surface area contributed by atoms with Gasteiger partial charge in [-0.25, -0.2) is 0 Å². The third-order valence-electron chi connectivity index (χ3n) is 4.19. The molecule has 21 heavy (non-hydrogen) atoms. The molecule has 1 amide bonds. The number of aryl methyl sites for hydroxylation is 2. The molecule has 1 aliphatic rings. The molecule has 1 aromatic rings. The summed E-state index contributed by atoms with van der Waals surface area (Å²) in [6, 6.07) is 0. The minimum atomic E-state index is 0.00325. The van der Waals surface area contributed by atoms with Gasteiger partial charge in [-0.15, -0.1) is 0 Å². The Labute approximate surface area is 126 Å². The number of carbonyl (C=O) groups excluding carboxylic acids is 1. The van der Waals surface area contributed by atoms with E-state index in [-0.39, 0.29) is 11.4 Å². The predicted molar refractivity (Wildman–Crippen MR) is 84.3 cm³/mol. The van der Waals surface area contributed by atoms with E-state index in [1.54, 1.807) is 4.68 Å². The number of nitrogens with two attached hydrogens (primary N) is 1. The van der Waals surface area contributed by atoms with Crippen LogP contribution in [0.15, 0.2) is 0 Å². The highest BCUT2D eigenvalue weighted by Crippen LogP contribution is 2.21. The number of hydrogen-bond donors (Lipinski definition) is 1. The first kappa shape index (κ1) is 15.8. The lowest BCUT2D eigenvalue weighted by molar-refractivity contribution is 0.0443. The Morgan fingerprint density at radius 1 is 1.24 bits per heavy atom. The first-order valence-corrected chi connectivity index (χ1v) is 7.63. The van der Waals surface area contributed by atoms with Crippen LogP contribution in [0.1, 0.15) is 43.9 Å². The first-order chi connectivity index (χ1) is 9.75. The molecular weight excluding hydrogens is 266 g/mol. The lowest BCUT2D eigenvalue weighted by Gasteiger charge is -2.42. The fourth-order valence-corrected chi connectivity index (χ4v) is 2.78. The monoisotopic (exact) mass is 293 g/mol. The number of amides is 1. The first-order valence-electron chi connectivity index (χ1n) is 7.63. The summed E-state index contributed by atoms with van der Waals surface area (Å²) >= 11 is 0. The SMILES string of the molecule is CCn1nc(C)c(N)c1C(=O)N1CCN(C(C)(C)C)CC1. The highest BCUT2D eigenvalue weighted by molar-refractivity contribution is 5.98. The zero-order chi connectivity index (χ0) is 15.8. The molecule has 1 aromatic heterocycles. The molecule has 2 N–H and O–H groups in total. The van der Waals surface area contributed by atoms with Crippen LogP contribution in [0.5, 0.6) is 0 Å². The van der Waals surface area contributed by atoms with Gasteiger partial charge in [0.25, 0.3) is 5.91 Å². The molecular formula is C15H27N5O. The minimum Gasteiger partial charge on any atom is -0.395 e. The summed E-state index contributed by atoms with van der Waals surface area (Å²) in [6.07, 6.45) is 0. The molecule has 0 radical (unpaired) electrons. The smallest absolute Gasteiger partial charge is 0.274 e. The minimum absolute atomic E-state index is 0.00325. The van der Waals surface area contributed by atoms with Crippen molar-refractivity contribution in [1.29, 1.82) is 0 Å². The molecule has 1 aliphatic heterocycles. The third kappa shape index (κ3) is 3.05. The normalized spacial score (nSPS) is 17.3. The lowest BCUT2D eigenvalue weighted by Crippen LogP contribution is -2.54. The Hall–Kier alpha value is -1.56. The van der Waals surface area contributed by atoms with Gasteiger partial charge >= 0.3 is 0 Å². The van der Waals surface area contributed by atoms with E-state index < -0.39 is 0 Å². The second-order valence-corrected chi connectivity index (χ2v) is 6.61. The van der Waals surface area contributed by atoms with Crippen LogP contribution in [0.25, 0.3) is 0 Å². The number of rotatable bonds is 2. The van der Waals surface area contributed by atoms with Crippen molar-refractivity contribution >= 4 is 11.6 Å². The van der Waals surface area contributed by atoms with E-state index in [0.717, 1.165) is 31.9 Å². The number of anilines is 1. The summed E-state index contributed by atoms with van der Waals surface area (Å²) in [6.45, 7) is 14.4. The van der Waals surface area contributed by atoms with Crippen molar-refractivity contribution in [2.75, 3.05) is 31.9 Å². The Morgan fingerprint density at radius 3 is 2.29 bits per heavy atom. The number of hydrogen-bond acceptors (Lipinski definition) is 4. The maximum absolute atomic E-state index is 12.7. The highest BCUT2D eigenvalue weighted by Gasteiger charge is 2.30. The van der Waals surface area contributed by atoms with Gasteiger partial charge in [0.1, 0.15) is 5.69 Å². The second kappa shape index (κ2) is 5.67. The van der Waals surface area contributed by atoms with Crippen LogP contribution in [0.4, 0.5) is 5.69 Å². The van der Waals surface area contributed by atoms with E-state index in [2.05, 4.69) is 30.8 Å². The van der Waals surface area contributed by atoms with E-state index in [9.17, 15) is 4.79 Å². The summed E-state index contributed by atoms with van der Waals surface area (Å²) in [4.78, 5) is 17.0. The van der Waals surface area contributed by atoms with Gasteiger partial charge in [0.15, 0.2) is 0 Å². The fraction of sp³-hybridized carbons (Fsp3) is 0.733. The topological polar surface area (TPSA) is 67.4 Å². The molecule has 6 nitrogen and oxygen atoms in total. The van der Waals surface area contributed by atoms with Crippen LogP contribution in [0.2, 0.25) is 0 Å². The van der Waals surface area contributed by atoms with Crippen LogP contribution < -0.4 is 5.73 Å². The molecule has 2 heterocycles. The van der Waals surface area contributed by atoms with Crippen molar-refractivity contribution in [3.05, 3.63) is 11.4 Å². The number of nitrogen functional groups attached to an aromatic ring is 1. The zero-order valence-corrected chi connectivity index (χ0v) is 13.8. The quantitative estimate of drug-likeness (QED) is 0.894. The van der Waals surface area contributed by atoms with Crippen molar-refractivity contribution < 1.29 is 4.79 Å². The Bertz CT molecular complexity index is 521. The van der Waals surface area contributed by atoms with Gasteiger partial charge < -0.3 is 10.6 Å². The zero-order valence-electron chi connectivity index (χ0n) is 13.8. The lowest BCUT2D eigenvalue weighted by atomic mass is 10.0. The number of aromatic nitrogens is 2. The van der Waals surface area contributed by atoms with Crippen molar-refractivity contribution in [3.8, 4) is 0 Å². The number of carbonyl (C=O) groups is 1. The Balaban J connectivity index is 2.13. The van der Waals surface area contributed by atoms with Gasteiger partial charge in [0, 0.05) is 38.3 Å². The van der Waals surface area contributed by atoms with E-state index in [4.69, 9.17) is 5.73 Å². The van der Waals surface area contributed by atoms with Crippen LogP contribution >= 0.6 is 0 Å². The molecule has 1 saturated heterocycles. The van der Waals surface area contributed by atoms with Crippen molar-refractivity contribution in [3.63, 3.8) is 0 Å². The predicted octanol–water partition coefficient (Wildman–Crippen LogP) is 1.35. The average Bonchev–Trinajstić information content (AvgIpc) is 2.73. The molecule has 118 valence electrons. The fourth-order valence-electron chi connectivity index (χ4n) is 2.78. The van der Waals surface area contributed by atoms with Gasteiger partial charge in [-0.05, 0) is 34.6 Å². The maximum Gasteiger partial charge on any atom is 0.274 e. The second-order valence-electron chi connectivity index (χ2n) is 6.61. The molecule has 0 spiro atoms. The summed E-state index contributed by atoms with van der Waals surface area (Å²) in [5, 5.41) is 4.33. The van der Waals surface area contributed by atoms with Crippen molar-refractivity contribution in [1.82, 2.24) is 19.6 Å². The van der Waals surface area contributed by atoms with E-state index >= 15 is 0 Å². The summed E-state index contributed by atoms with van der Waals surface area (Å²) in [5.74, 6) is 0.00325. The molecule has 0 saturated carbocycles. The molecule has 0 aromatic carbocycles. The van der Waals surface area contributed by atoms with E-state index in [1.165, 1.54) is 0 Å². The summed E-state index contributed by atoms with van der Waals surface area (Å²) in [5.41, 5.74) is 7.98. The number of nitrogens with zero attached hydrogens (tertiary/aromatic N) is 4. The van der Waals surface area contributed by atoms with Crippen LogP contribution in [-0.2, 0) is 6.54 Å². The number of piperazine rings is 1. The summed E-state index contributed by atoms with van der Waals surface area (Å²) < 4.78 is 1.71. The van der Waals surface area contributed by atoms with E-state index in [0.29, 0.717) is 17.9 Å². The van der Waals surface area contributed by atoms with E-state index in [1.807, 2.05) is 18.7 Å². The largest absolute Gasteiger partial charge is 0.395 e. The average molecular weight is 293 g/mol. The van der Waals surface area contributed by atoms with Crippen LogP contribution in [-0.4, -0.2) is 57.2 Å². The van der Waals surface area contributed by atoms with Crippen LogP contribution in [0.3, 0.4) is 0 Å². The van der Waals surface area contributed by atoms with Crippen molar-refractivity contribution in [2.24, 2.45) is 0 Å².